The van der Waals surface area contributed by atoms with Gasteiger partial charge in [-0.1, -0.05) is 5.16 Å². The minimum absolute atomic E-state index is 0.0473. The van der Waals surface area contributed by atoms with E-state index in [1.165, 1.54) is 0 Å². The Bertz CT molecular complexity index is 439. The van der Waals surface area contributed by atoms with Gasteiger partial charge < -0.3 is 16.0 Å². The maximum absolute atomic E-state index is 5.45. The van der Waals surface area contributed by atoms with Crippen molar-refractivity contribution in [3.05, 3.63) is 24.0 Å². The predicted octanol–water partition coefficient (Wildman–Crippen LogP) is 0.172. The third-order valence-corrected chi connectivity index (χ3v) is 1.73. The molecule has 0 atom stereocenters. The Balaban J connectivity index is 2.41. The molecule has 6 heteroatoms. The van der Waals surface area contributed by atoms with Crippen LogP contribution >= 0.6 is 0 Å². The monoisotopic (exact) mass is 191 g/mol. The third kappa shape index (κ3) is 1.55. The molecule has 0 bridgehead atoms. The van der Waals surface area contributed by atoms with Crippen molar-refractivity contribution in [1.82, 2.24) is 15.1 Å². The van der Waals surface area contributed by atoms with Crippen molar-refractivity contribution in [1.29, 1.82) is 0 Å². The van der Waals surface area contributed by atoms with Gasteiger partial charge in [0, 0.05) is 18.3 Å². The van der Waals surface area contributed by atoms with Gasteiger partial charge in [0.25, 0.3) is 0 Å². The highest BCUT2D eigenvalue weighted by Gasteiger charge is 2.06. The standard InChI is InChI=1S/C8H9N5O/c9-4-6-3-5(1-2-11-6)7-12-8(10)14-13-7/h1-3H,4,9H2,(H2,10,12,13). The van der Waals surface area contributed by atoms with Gasteiger partial charge in [-0.15, -0.1) is 0 Å². The first kappa shape index (κ1) is 8.64. The fourth-order valence-corrected chi connectivity index (χ4v) is 1.08. The lowest BCUT2D eigenvalue weighted by Gasteiger charge is -1.96. The molecule has 4 N–H and O–H groups in total. The van der Waals surface area contributed by atoms with Crippen LogP contribution in [0.3, 0.4) is 0 Å². The molecular weight excluding hydrogens is 182 g/mol. The second kappa shape index (κ2) is 3.43. The summed E-state index contributed by atoms with van der Waals surface area (Å²) in [6.45, 7) is 0.376. The van der Waals surface area contributed by atoms with Crippen LogP contribution in [0.25, 0.3) is 11.4 Å². The molecule has 0 spiro atoms. The number of anilines is 1. The summed E-state index contributed by atoms with van der Waals surface area (Å²) >= 11 is 0. The summed E-state index contributed by atoms with van der Waals surface area (Å²) in [4.78, 5) is 7.94. The topological polar surface area (TPSA) is 104 Å². The number of nitrogens with two attached hydrogens (primary N) is 2. The minimum atomic E-state index is 0.0473. The van der Waals surface area contributed by atoms with Crippen LogP contribution in [-0.4, -0.2) is 15.1 Å². The summed E-state index contributed by atoms with van der Waals surface area (Å²) in [6.07, 6.45) is 1.64. The molecule has 0 aliphatic heterocycles. The van der Waals surface area contributed by atoms with Crippen molar-refractivity contribution in [2.75, 3.05) is 5.73 Å². The van der Waals surface area contributed by atoms with Crippen molar-refractivity contribution < 1.29 is 4.52 Å². The summed E-state index contributed by atoms with van der Waals surface area (Å²) in [6, 6.07) is 3.61. The Hall–Kier alpha value is -1.95. The van der Waals surface area contributed by atoms with Crippen molar-refractivity contribution >= 4 is 6.01 Å². The largest absolute Gasteiger partial charge is 0.351 e. The molecule has 2 rings (SSSR count). The number of rotatable bonds is 2. The van der Waals surface area contributed by atoms with Gasteiger partial charge in [0.15, 0.2) is 0 Å². The van der Waals surface area contributed by atoms with E-state index in [1.807, 2.05) is 0 Å². The Labute approximate surface area is 79.9 Å². The molecule has 2 heterocycles. The molecule has 0 saturated carbocycles. The minimum Gasteiger partial charge on any atom is -0.351 e. The Morgan fingerprint density at radius 2 is 2.29 bits per heavy atom. The molecule has 2 aromatic heterocycles. The molecule has 0 aliphatic carbocycles. The van der Waals surface area contributed by atoms with E-state index in [1.54, 1.807) is 18.3 Å². The first-order chi connectivity index (χ1) is 6.79. The van der Waals surface area contributed by atoms with E-state index in [-0.39, 0.29) is 6.01 Å². The molecule has 0 aromatic carbocycles. The van der Waals surface area contributed by atoms with Crippen molar-refractivity contribution in [2.45, 2.75) is 6.54 Å². The van der Waals surface area contributed by atoms with Crippen LogP contribution < -0.4 is 11.5 Å². The van der Waals surface area contributed by atoms with Crippen LogP contribution in [0.4, 0.5) is 6.01 Å². The predicted molar refractivity (Wildman–Crippen MR) is 49.8 cm³/mol. The molecule has 0 radical (unpaired) electrons. The number of aromatic nitrogens is 3. The molecule has 0 fully saturated rings. The van der Waals surface area contributed by atoms with Crippen molar-refractivity contribution in [2.24, 2.45) is 5.73 Å². The van der Waals surface area contributed by atoms with Crippen LogP contribution in [0.15, 0.2) is 22.9 Å². The average Bonchev–Trinajstić information content (AvgIpc) is 2.65. The molecule has 14 heavy (non-hydrogen) atoms. The summed E-state index contributed by atoms with van der Waals surface area (Å²) in [5, 5.41) is 3.68. The second-order valence-corrected chi connectivity index (χ2v) is 2.70. The van der Waals surface area contributed by atoms with E-state index < -0.39 is 0 Å². The van der Waals surface area contributed by atoms with Crippen LogP contribution in [0.5, 0.6) is 0 Å². The van der Waals surface area contributed by atoms with E-state index in [0.717, 1.165) is 11.3 Å². The van der Waals surface area contributed by atoms with E-state index in [4.69, 9.17) is 11.5 Å². The van der Waals surface area contributed by atoms with Gasteiger partial charge in [0.1, 0.15) is 0 Å². The van der Waals surface area contributed by atoms with Gasteiger partial charge in [-0.05, 0) is 12.1 Å². The smallest absolute Gasteiger partial charge is 0.319 e. The zero-order valence-corrected chi connectivity index (χ0v) is 7.34. The number of nitrogen functional groups attached to an aromatic ring is 1. The zero-order valence-electron chi connectivity index (χ0n) is 7.34. The first-order valence-corrected chi connectivity index (χ1v) is 4.04. The van der Waals surface area contributed by atoms with Gasteiger partial charge in [-0.3, -0.25) is 4.98 Å². The normalized spacial score (nSPS) is 10.4. The molecule has 0 amide bonds. The lowest BCUT2D eigenvalue weighted by atomic mass is 10.2. The fourth-order valence-electron chi connectivity index (χ4n) is 1.08. The molecule has 0 unspecified atom stereocenters. The fraction of sp³-hybridized carbons (Fsp3) is 0.125. The summed E-state index contributed by atoms with van der Waals surface area (Å²) in [5.41, 5.74) is 12.3. The Morgan fingerprint density at radius 1 is 1.43 bits per heavy atom. The van der Waals surface area contributed by atoms with Gasteiger partial charge >= 0.3 is 6.01 Å². The quantitative estimate of drug-likeness (QED) is 0.701. The Morgan fingerprint density at radius 3 is 2.93 bits per heavy atom. The molecule has 72 valence electrons. The van der Waals surface area contributed by atoms with Crippen molar-refractivity contribution in [3.8, 4) is 11.4 Å². The van der Waals surface area contributed by atoms with Crippen LogP contribution in [0, 0.1) is 0 Å². The van der Waals surface area contributed by atoms with Gasteiger partial charge in [0.2, 0.25) is 5.82 Å². The number of pyridine rings is 1. The number of hydrogen-bond acceptors (Lipinski definition) is 6. The zero-order chi connectivity index (χ0) is 9.97. The van der Waals surface area contributed by atoms with Gasteiger partial charge in [-0.2, -0.15) is 4.98 Å². The lowest BCUT2D eigenvalue weighted by Crippen LogP contribution is -1.99. The van der Waals surface area contributed by atoms with Gasteiger partial charge in [-0.25, -0.2) is 0 Å². The van der Waals surface area contributed by atoms with Gasteiger partial charge in [0.05, 0.1) is 5.69 Å². The number of hydrogen-bond donors (Lipinski definition) is 2. The van der Waals surface area contributed by atoms with E-state index in [2.05, 4.69) is 19.6 Å². The highest BCUT2D eigenvalue weighted by atomic mass is 16.5. The SMILES string of the molecule is NCc1cc(-c2noc(N)n2)ccn1. The van der Waals surface area contributed by atoms with Crippen LogP contribution in [0.2, 0.25) is 0 Å². The van der Waals surface area contributed by atoms with Crippen LogP contribution in [0.1, 0.15) is 5.69 Å². The Kier molecular flexibility index (Phi) is 2.11. The molecule has 2 aromatic rings. The third-order valence-electron chi connectivity index (χ3n) is 1.73. The van der Waals surface area contributed by atoms with E-state index in [9.17, 15) is 0 Å². The van der Waals surface area contributed by atoms with Crippen molar-refractivity contribution in [3.63, 3.8) is 0 Å². The van der Waals surface area contributed by atoms with Crippen LogP contribution in [-0.2, 0) is 6.54 Å². The lowest BCUT2D eigenvalue weighted by molar-refractivity contribution is 0.437. The molecule has 6 nitrogen and oxygen atoms in total. The van der Waals surface area contributed by atoms with E-state index >= 15 is 0 Å². The molecular formula is C8H9N5O. The maximum Gasteiger partial charge on any atom is 0.319 e. The average molecular weight is 191 g/mol. The van der Waals surface area contributed by atoms with E-state index in [0.29, 0.717) is 12.4 Å². The molecule has 0 aliphatic rings. The summed E-state index contributed by atoms with van der Waals surface area (Å²) in [7, 11) is 0. The molecule has 0 saturated heterocycles. The second-order valence-electron chi connectivity index (χ2n) is 2.70. The highest BCUT2D eigenvalue weighted by Crippen LogP contribution is 2.16. The number of nitrogens with zero attached hydrogens (tertiary/aromatic N) is 3. The highest BCUT2D eigenvalue weighted by molar-refractivity contribution is 5.54. The first-order valence-electron chi connectivity index (χ1n) is 4.04. The summed E-state index contributed by atoms with van der Waals surface area (Å²) < 4.78 is 4.66. The maximum atomic E-state index is 5.45. The summed E-state index contributed by atoms with van der Waals surface area (Å²) in [5.74, 6) is 0.444.